The highest BCUT2D eigenvalue weighted by atomic mass is 32.2. The van der Waals surface area contributed by atoms with E-state index >= 15 is 0 Å². The second-order valence-electron chi connectivity index (χ2n) is 3.48. The van der Waals surface area contributed by atoms with Gasteiger partial charge in [-0.1, -0.05) is 0 Å². The van der Waals surface area contributed by atoms with Crippen LogP contribution >= 0.6 is 0 Å². The van der Waals surface area contributed by atoms with E-state index in [-0.39, 0.29) is 4.90 Å². The molecule has 0 amide bonds. The van der Waals surface area contributed by atoms with E-state index in [0.29, 0.717) is 24.5 Å². The molecular weight excluding hydrogens is 242 g/mol. The van der Waals surface area contributed by atoms with Crippen molar-refractivity contribution in [3.8, 4) is 5.75 Å². The van der Waals surface area contributed by atoms with Gasteiger partial charge in [0.05, 0.1) is 17.7 Å². The van der Waals surface area contributed by atoms with Crippen molar-refractivity contribution < 1.29 is 13.2 Å². The highest BCUT2D eigenvalue weighted by Gasteiger charge is 2.11. The quantitative estimate of drug-likeness (QED) is 0.628. The number of sulfonamides is 1. The summed E-state index contributed by atoms with van der Waals surface area (Å²) in [6, 6.07) is 4.41. The largest absolute Gasteiger partial charge is 0.495 e. The van der Waals surface area contributed by atoms with Crippen LogP contribution in [-0.2, 0) is 10.0 Å². The number of nitrogens with two attached hydrogens (primary N) is 2. The van der Waals surface area contributed by atoms with Crippen LogP contribution in [0.1, 0.15) is 6.42 Å². The van der Waals surface area contributed by atoms with E-state index in [4.69, 9.17) is 15.6 Å². The molecule has 0 bridgehead atoms. The number of methoxy groups -OCH3 is 1. The third-order valence-corrected chi connectivity index (χ3v) is 3.11. The van der Waals surface area contributed by atoms with Crippen LogP contribution in [0.25, 0.3) is 0 Å². The van der Waals surface area contributed by atoms with Gasteiger partial charge in [-0.3, -0.25) is 0 Å². The van der Waals surface area contributed by atoms with Crippen molar-refractivity contribution in [2.75, 3.05) is 25.5 Å². The van der Waals surface area contributed by atoms with Crippen LogP contribution in [0.5, 0.6) is 5.75 Å². The molecule has 0 aliphatic heterocycles. The fourth-order valence-corrected chi connectivity index (χ4v) is 1.87. The van der Waals surface area contributed by atoms with Crippen molar-refractivity contribution in [2.24, 2.45) is 10.9 Å². The topological polar surface area (TPSA) is 107 Å². The summed E-state index contributed by atoms with van der Waals surface area (Å²) >= 11 is 0. The Balaban J connectivity index is 2.98. The van der Waals surface area contributed by atoms with Gasteiger partial charge in [0.25, 0.3) is 0 Å². The van der Waals surface area contributed by atoms with Crippen molar-refractivity contribution in [3.63, 3.8) is 0 Å². The third-order valence-electron chi connectivity index (χ3n) is 2.20. The zero-order valence-corrected chi connectivity index (χ0v) is 10.5. The van der Waals surface area contributed by atoms with Crippen molar-refractivity contribution >= 4 is 15.7 Å². The van der Waals surface area contributed by atoms with Crippen molar-refractivity contribution in [1.82, 2.24) is 0 Å². The number of primary sulfonamides is 1. The van der Waals surface area contributed by atoms with Crippen LogP contribution in [0.2, 0.25) is 0 Å². The molecular formula is C10H17N3O3S. The van der Waals surface area contributed by atoms with E-state index in [1.54, 1.807) is 6.07 Å². The maximum absolute atomic E-state index is 11.2. The molecule has 1 rings (SSSR count). The molecule has 0 saturated carbocycles. The SMILES string of the molecule is COc1ccc(S(N)(=O)=O)cc1NCCCN. The van der Waals surface area contributed by atoms with Gasteiger partial charge in [-0.2, -0.15) is 0 Å². The first-order valence-corrected chi connectivity index (χ1v) is 6.68. The Kier molecular flexibility index (Phi) is 4.73. The van der Waals surface area contributed by atoms with E-state index in [1.807, 2.05) is 0 Å². The molecule has 96 valence electrons. The third kappa shape index (κ3) is 3.88. The molecule has 0 radical (unpaired) electrons. The maximum atomic E-state index is 11.2. The lowest BCUT2D eigenvalue weighted by molar-refractivity contribution is 0.416. The summed E-state index contributed by atoms with van der Waals surface area (Å²) in [5.41, 5.74) is 5.97. The monoisotopic (exact) mass is 259 g/mol. The van der Waals surface area contributed by atoms with Crippen molar-refractivity contribution in [1.29, 1.82) is 0 Å². The summed E-state index contributed by atoms with van der Waals surface area (Å²) < 4.78 is 27.5. The number of anilines is 1. The Bertz CT molecular complexity index is 474. The fourth-order valence-electron chi connectivity index (χ4n) is 1.33. The first kappa shape index (κ1) is 13.8. The summed E-state index contributed by atoms with van der Waals surface area (Å²) in [5.74, 6) is 0.564. The molecule has 1 aromatic rings. The molecule has 6 nitrogen and oxygen atoms in total. The predicted molar refractivity (Wildman–Crippen MR) is 66.5 cm³/mol. The second kappa shape index (κ2) is 5.85. The van der Waals surface area contributed by atoms with E-state index in [1.165, 1.54) is 19.2 Å². The summed E-state index contributed by atoms with van der Waals surface area (Å²) in [6.45, 7) is 1.20. The van der Waals surface area contributed by atoms with Crippen LogP contribution in [0.15, 0.2) is 23.1 Å². The second-order valence-corrected chi connectivity index (χ2v) is 5.04. The van der Waals surface area contributed by atoms with Gasteiger partial charge in [0, 0.05) is 6.54 Å². The molecule has 0 aliphatic carbocycles. The minimum Gasteiger partial charge on any atom is -0.495 e. The van der Waals surface area contributed by atoms with E-state index in [2.05, 4.69) is 5.32 Å². The Morgan fingerprint density at radius 2 is 2.12 bits per heavy atom. The minimum absolute atomic E-state index is 0.0496. The molecule has 0 atom stereocenters. The molecule has 0 unspecified atom stereocenters. The fraction of sp³-hybridized carbons (Fsp3) is 0.400. The number of rotatable bonds is 6. The van der Waals surface area contributed by atoms with E-state index < -0.39 is 10.0 Å². The van der Waals surface area contributed by atoms with Crippen LogP contribution in [0.3, 0.4) is 0 Å². The number of hydrogen-bond acceptors (Lipinski definition) is 5. The molecule has 1 aromatic carbocycles. The molecule has 5 N–H and O–H groups in total. The van der Waals surface area contributed by atoms with E-state index in [9.17, 15) is 8.42 Å². The van der Waals surface area contributed by atoms with Crippen LogP contribution in [0, 0.1) is 0 Å². The summed E-state index contributed by atoms with van der Waals surface area (Å²) in [4.78, 5) is 0.0496. The molecule has 0 aliphatic rings. The zero-order valence-electron chi connectivity index (χ0n) is 9.64. The highest BCUT2D eigenvalue weighted by Crippen LogP contribution is 2.26. The van der Waals surface area contributed by atoms with Crippen molar-refractivity contribution in [2.45, 2.75) is 11.3 Å². The number of nitrogens with one attached hydrogen (secondary N) is 1. The molecule has 0 heterocycles. The Labute approximate surface area is 101 Å². The first-order valence-electron chi connectivity index (χ1n) is 5.14. The van der Waals surface area contributed by atoms with Crippen molar-refractivity contribution in [3.05, 3.63) is 18.2 Å². The average molecular weight is 259 g/mol. The van der Waals surface area contributed by atoms with Gasteiger partial charge in [-0.05, 0) is 31.2 Å². The summed E-state index contributed by atoms with van der Waals surface area (Å²) in [7, 11) is -2.19. The van der Waals surface area contributed by atoms with Gasteiger partial charge < -0.3 is 15.8 Å². The number of ether oxygens (including phenoxy) is 1. The Hall–Kier alpha value is -1.31. The normalized spacial score (nSPS) is 11.2. The smallest absolute Gasteiger partial charge is 0.238 e. The van der Waals surface area contributed by atoms with Gasteiger partial charge in [-0.15, -0.1) is 0 Å². The van der Waals surface area contributed by atoms with Crippen LogP contribution in [-0.4, -0.2) is 28.6 Å². The van der Waals surface area contributed by atoms with Crippen LogP contribution in [0.4, 0.5) is 5.69 Å². The van der Waals surface area contributed by atoms with E-state index in [0.717, 1.165) is 6.42 Å². The molecule has 0 aromatic heterocycles. The lowest BCUT2D eigenvalue weighted by atomic mass is 10.3. The molecule has 17 heavy (non-hydrogen) atoms. The van der Waals surface area contributed by atoms with Gasteiger partial charge >= 0.3 is 0 Å². The van der Waals surface area contributed by atoms with Crippen LogP contribution < -0.4 is 20.9 Å². The number of hydrogen-bond donors (Lipinski definition) is 3. The summed E-state index contributed by atoms with van der Waals surface area (Å²) in [6.07, 6.45) is 0.781. The van der Waals surface area contributed by atoms with Gasteiger partial charge in [0.2, 0.25) is 10.0 Å². The zero-order chi connectivity index (χ0) is 12.9. The first-order chi connectivity index (χ1) is 7.99. The average Bonchev–Trinajstić information content (AvgIpc) is 2.28. The van der Waals surface area contributed by atoms with Gasteiger partial charge in [-0.25, -0.2) is 13.6 Å². The molecule has 0 fully saturated rings. The lowest BCUT2D eigenvalue weighted by Gasteiger charge is -2.11. The Morgan fingerprint density at radius 1 is 1.41 bits per heavy atom. The van der Waals surface area contributed by atoms with Gasteiger partial charge in [0.1, 0.15) is 5.75 Å². The molecule has 7 heteroatoms. The lowest BCUT2D eigenvalue weighted by Crippen LogP contribution is -2.13. The summed E-state index contributed by atoms with van der Waals surface area (Å²) in [5, 5.41) is 8.11. The highest BCUT2D eigenvalue weighted by molar-refractivity contribution is 7.89. The molecule has 0 spiro atoms. The van der Waals surface area contributed by atoms with Gasteiger partial charge in [0.15, 0.2) is 0 Å². The standard InChI is InChI=1S/C10H17N3O3S/c1-16-10-4-3-8(17(12,14)15)7-9(10)13-6-2-5-11/h3-4,7,13H,2,5-6,11H2,1H3,(H2,12,14,15). The number of benzene rings is 1. The molecule has 0 saturated heterocycles. The Morgan fingerprint density at radius 3 is 2.65 bits per heavy atom. The maximum Gasteiger partial charge on any atom is 0.238 e. The predicted octanol–water partition coefficient (Wildman–Crippen LogP) is 0.103. The minimum atomic E-state index is -3.70.